The molecule has 0 radical (unpaired) electrons. The van der Waals surface area contributed by atoms with E-state index in [1.54, 1.807) is 0 Å². The number of H-pyrrole nitrogens is 1. The number of thiophene rings is 1. The number of aromatic nitrogens is 1. The molecule has 24 heavy (non-hydrogen) atoms. The first-order valence-electron chi connectivity index (χ1n) is 8.29. The Morgan fingerprint density at radius 2 is 1.75 bits per heavy atom. The van der Waals surface area contributed by atoms with Crippen LogP contribution in [0.4, 0.5) is 0 Å². The molecule has 6 rings (SSSR count). The number of rotatable bonds is 0. The van der Waals surface area contributed by atoms with Crippen LogP contribution in [0.3, 0.4) is 0 Å². The van der Waals surface area contributed by atoms with Crippen LogP contribution in [0.1, 0.15) is 11.1 Å². The average molecular weight is 325 g/mol. The van der Waals surface area contributed by atoms with Crippen LogP contribution in [0.25, 0.3) is 53.3 Å². The fraction of sp³-hybridized carbons (Fsp3) is 0.0909. The van der Waals surface area contributed by atoms with Crippen molar-refractivity contribution in [3.8, 4) is 22.3 Å². The molecule has 2 heterocycles. The lowest BCUT2D eigenvalue weighted by Crippen LogP contribution is -1.84. The van der Waals surface area contributed by atoms with Crippen molar-refractivity contribution in [2.75, 3.05) is 0 Å². The normalized spacial score (nSPS) is 12.6. The van der Waals surface area contributed by atoms with E-state index in [2.05, 4.69) is 67.5 Å². The zero-order valence-electron chi connectivity index (χ0n) is 13.5. The van der Waals surface area contributed by atoms with Crippen molar-refractivity contribution in [1.82, 2.24) is 4.98 Å². The summed E-state index contributed by atoms with van der Waals surface area (Å²) >= 11 is 1.91. The van der Waals surface area contributed by atoms with E-state index in [0.29, 0.717) is 0 Å². The molecule has 3 aromatic carbocycles. The monoisotopic (exact) mass is 325 g/mol. The molecule has 2 heteroatoms. The molecule has 114 valence electrons. The molecule has 1 aliphatic carbocycles. The molecule has 2 aromatic heterocycles. The van der Waals surface area contributed by atoms with Crippen molar-refractivity contribution in [1.29, 1.82) is 0 Å². The topological polar surface area (TPSA) is 15.8 Å². The van der Waals surface area contributed by atoms with E-state index in [4.69, 9.17) is 0 Å². The van der Waals surface area contributed by atoms with E-state index < -0.39 is 0 Å². The number of hydrogen-bond donors (Lipinski definition) is 1. The van der Waals surface area contributed by atoms with Crippen LogP contribution in [0, 0.1) is 13.8 Å². The molecular formula is C22H15NS. The maximum absolute atomic E-state index is 3.44. The Balaban J connectivity index is 1.93. The van der Waals surface area contributed by atoms with Gasteiger partial charge in [0.1, 0.15) is 0 Å². The highest BCUT2D eigenvalue weighted by molar-refractivity contribution is 7.26. The Morgan fingerprint density at radius 3 is 2.67 bits per heavy atom. The molecular weight excluding hydrogens is 310 g/mol. The van der Waals surface area contributed by atoms with E-state index in [0.717, 1.165) is 0 Å². The van der Waals surface area contributed by atoms with Crippen LogP contribution < -0.4 is 0 Å². The van der Waals surface area contributed by atoms with Crippen molar-refractivity contribution < 1.29 is 0 Å². The van der Waals surface area contributed by atoms with Gasteiger partial charge in [0.2, 0.25) is 0 Å². The van der Waals surface area contributed by atoms with Gasteiger partial charge in [-0.3, -0.25) is 0 Å². The van der Waals surface area contributed by atoms with Crippen molar-refractivity contribution in [3.63, 3.8) is 0 Å². The summed E-state index contributed by atoms with van der Waals surface area (Å²) in [6.45, 7) is 4.43. The third-order valence-corrected chi connectivity index (χ3v) is 6.47. The van der Waals surface area contributed by atoms with Gasteiger partial charge in [0.15, 0.2) is 0 Å². The first-order chi connectivity index (χ1) is 11.7. The van der Waals surface area contributed by atoms with Gasteiger partial charge in [-0.05, 0) is 60.4 Å². The molecule has 5 aromatic rings. The molecule has 1 aliphatic rings. The van der Waals surface area contributed by atoms with Gasteiger partial charge < -0.3 is 4.98 Å². The molecule has 0 unspecified atom stereocenters. The number of nitrogens with one attached hydrogen (secondary N) is 1. The predicted molar refractivity (Wildman–Crippen MR) is 105 cm³/mol. The molecule has 0 atom stereocenters. The van der Waals surface area contributed by atoms with Gasteiger partial charge in [0, 0.05) is 42.8 Å². The second kappa shape index (κ2) is 4.08. The quantitative estimate of drug-likeness (QED) is 0.316. The van der Waals surface area contributed by atoms with Crippen LogP contribution in [0.5, 0.6) is 0 Å². The SMILES string of the molecule is Cc1ccc2sc3cc(C)c4c(c3c2c1)-c1cccc2[nH]cc-4c12. The van der Waals surface area contributed by atoms with Crippen molar-refractivity contribution in [2.45, 2.75) is 13.8 Å². The Kier molecular flexibility index (Phi) is 2.18. The average Bonchev–Trinajstić information content (AvgIpc) is 3.23. The van der Waals surface area contributed by atoms with Crippen LogP contribution in [-0.4, -0.2) is 4.98 Å². The zero-order chi connectivity index (χ0) is 16.0. The Hall–Kier alpha value is -2.58. The minimum absolute atomic E-state index is 1.24. The van der Waals surface area contributed by atoms with Gasteiger partial charge in [0.25, 0.3) is 0 Å². The maximum Gasteiger partial charge on any atom is 0.0466 e. The molecule has 0 bridgehead atoms. The number of benzene rings is 3. The van der Waals surface area contributed by atoms with E-state index in [1.165, 1.54) is 64.5 Å². The summed E-state index contributed by atoms with van der Waals surface area (Å²) in [4.78, 5) is 3.44. The van der Waals surface area contributed by atoms with Gasteiger partial charge in [-0.2, -0.15) is 0 Å². The Morgan fingerprint density at radius 1 is 0.833 bits per heavy atom. The van der Waals surface area contributed by atoms with Gasteiger partial charge in [-0.1, -0.05) is 23.8 Å². The summed E-state index contributed by atoms with van der Waals surface area (Å²) in [5.74, 6) is 0. The molecule has 0 fully saturated rings. The summed E-state index contributed by atoms with van der Waals surface area (Å²) in [6, 6.07) is 15.8. The van der Waals surface area contributed by atoms with E-state index in [9.17, 15) is 0 Å². The second-order valence-electron chi connectivity index (χ2n) is 6.85. The lowest BCUT2D eigenvalue weighted by Gasteiger charge is -2.09. The molecule has 1 nitrogen and oxygen atoms in total. The third kappa shape index (κ3) is 1.37. The minimum atomic E-state index is 1.24. The van der Waals surface area contributed by atoms with Crippen molar-refractivity contribution in [3.05, 3.63) is 59.8 Å². The maximum atomic E-state index is 3.44. The lowest BCUT2D eigenvalue weighted by molar-refractivity contribution is 1.45. The third-order valence-electron chi connectivity index (χ3n) is 5.36. The lowest BCUT2D eigenvalue weighted by atomic mass is 9.94. The Labute approximate surface area is 143 Å². The zero-order valence-corrected chi connectivity index (χ0v) is 14.3. The summed E-state index contributed by atoms with van der Waals surface area (Å²) < 4.78 is 2.78. The summed E-state index contributed by atoms with van der Waals surface area (Å²) in [5, 5.41) is 4.22. The van der Waals surface area contributed by atoms with Crippen molar-refractivity contribution in [2.24, 2.45) is 0 Å². The van der Waals surface area contributed by atoms with Gasteiger partial charge in [-0.15, -0.1) is 11.3 Å². The van der Waals surface area contributed by atoms with Crippen LogP contribution in [0.2, 0.25) is 0 Å². The van der Waals surface area contributed by atoms with E-state index >= 15 is 0 Å². The summed E-state index contributed by atoms with van der Waals surface area (Å²) in [5.41, 5.74) is 9.53. The fourth-order valence-electron chi connectivity index (χ4n) is 4.39. The number of aryl methyl sites for hydroxylation is 2. The van der Waals surface area contributed by atoms with E-state index in [-0.39, 0.29) is 0 Å². The second-order valence-corrected chi connectivity index (χ2v) is 7.93. The smallest absolute Gasteiger partial charge is 0.0466 e. The molecule has 0 saturated heterocycles. The summed E-state index contributed by atoms with van der Waals surface area (Å²) in [7, 11) is 0. The van der Waals surface area contributed by atoms with Crippen molar-refractivity contribution >= 4 is 42.4 Å². The minimum Gasteiger partial charge on any atom is -0.361 e. The number of aromatic amines is 1. The van der Waals surface area contributed by atoms with Gasteiger partial charge in [0.05, 0.1) is 0 Å². The highest BCUT2D eigenvalue weighted by Crippen LogP contribution is 2.54. The van der Waals surface area contributed by atoms with Crippen LogP contribution in [0.15, 0.2) is 48.7 Å². The van der Waals surface area contributed by atoms with Crippen LogP contribution in [-0.2, 0) is 0 Å². The summed E-state index contributed by atoms with van der Waals surface area (Å²) in [6.07, 6.45) is 2.18. The number of fused-ring (bicyclic) bond motifs is 7. The first-order valence-corrected chi connectivity index (χ1v) is 9.11. The largest absolute Gasteiger partial charge is 0.361 e. The standard InChI is InChI=1S/C22H15NS/c1-11-6-7-17-14(8-11)21-18(24-17)9-12(2)19-15-10-23-16-5-3-4-13(20(15)16)22(19)21/h3-10,23H,1-2H3. The molecule has 0 spiro atoms. The predicted octanol–water partition coefficient (Wildman–Crippen LogP) is 6.80. The molecule has 1 N–H and O–H groups in total. The Bertz CT molecular complexity index is 1320. The molecule has 0 amide bonds. The van der Waals surface area contributed by atoms with Crippen LogP contribution >= 0.6 is 11.3 Å². The molecule has 0 aliphatic heterocycles. The first kappa shape index (κ1) is 12.8. The highest BCUT2D eigenvalue weighted by atomic mass is 32.1. The van der Waals surface area contributed by atoms with Gasteiger partial charge in [-0.25, -0.2) is 0 Å². The molecule has 0 saturated carbocycles. The van der Waals surface area contributed by atoms with E-state index in [1.807, 2.05) is 11.3 Å². The number of hydrogen-bond acceptors (Lipinski definition) is 1. The highest BCUT2D eigenvalue weighted by Gasteiger charge is 2.27. The van der Waals surface area contributed by atoms with Gasteiger partial charge >= 0.3 is 0 Å². The fourth-order valence-corrected chi connectivity index (χ4v) is 5.58.